The van der Waals surface area contributed by atoms with Crippen molar-refractivity contribution in [1.82, 2.24) is 4.98 Å². The van der Waals surface area contributed by atoms with E-state index >= 15 is 0 Å². The molecule has 5 heteroatoms. The Morgan fingerprint density at radius 1 is 1.44 bits per heavy atom. The lowest BCUT2D eigenvalue weighted by molar-refractivity contribution is 0.456. The molecule has 2 rings (SSSR count). The predicted octanol–water partition coefficient (Wildman–Crippen LogP) is 3.96. The highest BCUT2D eigenvalue weighted by atomic mass is 79.9. The minimum atomic E-state index is -0.403. The Hall–Kier alpha value is -1.93. The van der Waals surface area contributed by atoms with Gasteiger partial charge in [-0.1, -0.05) is 6.07 Å². The van der Waals surface area contributed by atoms with E-state index in [1.54, 1.807) is 19.2 Å². The number of halogens is 2. The Kier molecular flexibility index (Phi) is 3.58. The number of pyridine rings is 1. The molecule has 0 fully saturated rings. The molecule has 0 aliphatic heterocycles. The largest absolute Gasteiger partial charge is 0.438 e. The Bertz CT molecular complexity index is 637. The lowest BCUT2D eigenvalue weighted by atomic mass is 10.2. The molecule has 0 N–H and O–H groups in total. The van der Waals surface area contributed by atoms with E-state index in [0.29, 0.717) is 11.3 Å². The maximum absolute atomic E-state index is 13.0. The maximum Gasteiger partial charge on any atom is 0.237 e. The van der Waals surface area contributed by atoms with Crippen molar-refractivity contribution in [3.63, 3.8) is 0 Å². The van der Waals surface area contributed by atoms with E-state index in [9.17, 15) is 4.39 Å². The molecule has 0 unspecified atom stereocenters. The van der Waals surface area contributed by atoms with Gasteiger partial charge in [-0.2, -0.15) is 5.26 Å². The van der Waals surface area contributed by atoms with Crippen LogP contribution in [-0.2, 0) is 0 Å². The fourth-order valence-corrected chi connectivity index (χ4v) is 1.71. The summed E-state index contributed by atoms with van der Waals surface area (Å²) >= 11 is 3.29. The van der Waals surface area contributed by atoms with Crippen LogP contribution in [-0.4, -0.2) is 4.98 Å². The Labute approximate surface area is 112 Å². The zero-order valence-corrected chi connectivity index (χ0v) is 11.0. The molecule has 1 aromatic carbocycles. The maximum atomic E-state index is 13.0. The Morgan fingerprint density at radius 2 is 2.22 bits per heavy atom. The Balaban J connectivity index is 2.42. The second-order valence-corrected chi connectivity index (χ2v) is 4.44. The van der Waals surface area contributed by atoms with Crippen molar-refractivity contribution in [3.8, 4) is 17.7 Å². The molecule has 1 aromatic heterocycles. The molecule has 90 valence electrons. The van der Waals surface area contributed by atoms with E-state index in [4.69, 9.17) is 10.00 Å². The zero-order valence-electron chi connectivity index (χ0n) is 9.45. The van der Waals surface area contributed by atoms with Crippen molar-refractivity contribution in [3.05, 3.63) is 51.9 Å². The monoisotopic (exact) mass is 306 g/mol. The quantitative estimate of drug-likeness (QED) is 0.843. The van der Waals surface area contributed by atoms with Crippen LogP contribution in [0.25, 0.3) is 0 Å². The molecule has 0 amide bonds. The minimum absolute atomic E-state index is 0.170. The number of benzene rings is 1. The molecule has 0 radical (unpaired) electrons. The summed E-state index contributed by atoms with van der Waals surface area (Å²) in [6.45, 7) is 1.78. The molecular formula is C13H8BrFN2O. The van der Waals surface area contributed by atoms with Crippen LogP contribution < -0.4 is 4.74 Å². The van der Waals surface area contributed by atoms with Gasteiger partial charge >= 0.3 is 0 Å². The number of hydrogen-bond acceptors (Lipinski definition) is 3. The van der Waals surface area contributed by atoms with Crippen molar-refractivity contribution in [2.75, 3.05) is 0 Å². The van der Waals surface area contributed by atoms with Crippen molar-refractivity contribution in [2.45, 2.75) is 6.92 Å². The molecule has 1 heterocycles. The third kappa shape index (κ3) is 2.49. The van der Waals surface area contributed by atoms with Gasteiger partial charge in [0.1, 0.15) is 23.2 Å². The zero-order chi connectivity index (χ0) is 13.1. The molecule has 0 saturated carbocycles. The number of rotatable bonds is 2. The van der Waals surface area contributed by atoms with Gasteiger partial charge in [0.25, 0.3) is 0 Å². The Morgan fingerprint density at radius 3 is 2.89 bits per heavy atom. The van der Waals surface area contributed by atoms with Gasteiger partial charge in [0, 0.05) is 16.7 Å². The van der Waals surface area contributed by atoms with Gasteiger partial charge in [0.15, 0.2) is 0 Å². The number of hydrogen-bond donors (Lipinski definition) is 0. The molecule has 2 aromatic rings. The molecule has 0 atom stereocenters. The number of ether oxygens (including phenoxy) is 1. The fourth-order valence-electron chi connectivity index (χ4n) is 1.41. The van der Waals surface area contributed by atoms with Crippen molar-refractivity contribution >= 4 is 15.9 Å². The molecular weight excluding hydrogens is 299 g/mol. The van der Waals surface area contributed by atoms with Crippen molar-refractivity contribution in [2.24, 2.45) is 0 Å². The molecule has 18 heavy (non-hydrogen) atoms. The van der Waals surface area contributed by atoms with Crippen LogP contribution >= 0.6 is 15.9 Å². The second kappa shape index (κ2) is 5.15. The van der Waals surface area contributed by atoms with Gasteiger partial charge < -0.3 is 4.74 Å². The third-order valence-corrected chi connectivity index (χ3v) is 3.16. The number of nitriles is 1. The van der Waals surface area contributed by atoms with Crippen molar-refractivity contribution in [1.29, 1.82) is 5.26 Å². The summed E-state index contributed by atoms with van der Waals surface area (Å²) in [6.07, 6.45) is 1.55. The van der Waals surface area contributed by atoms with Gasteiger partial charge in [-0.05, 0) is 40.5 Å². The van der Waals surface area contributed by atoms with E-state index in [2.05, 4.69) is 20.9 Å². The fraction of sp³-hybridized carbons (Fsp3) is 0.0769. The average molecular weight is 307 g/mol. The van der Waals surface area contributed by atoms with Crippen LogP contribution in [0.3, 0.4) is 0 Å². The SMILES string of the molecule is Cc1c(Br)cnc(Oc2cccc(F)c2)c1C#N. The molecule has 0 aliphatic rings. The summed E-state index contributed by atoms with van der Waals surface area (Å²) in [4.78, 5) is 4.02. The molecule has 3 nitrogen and oxygen atoms in total. The molecule has 0 aliphatic carbocycles. The normalized spacial score (nSPS) is 9.89. The molecule has 0 bridgehead atoms. The number of aromatic nitrogens is 1. The third-order valence-electron chi connectivity index (χ3n) is 2.36. The highest BCUT2D eigenvalue weighted by Gasteiger charge is 2.12. The van der Waals surface area contributed by atoms with Crippen LogP contribution in [0.4, 0.5) is 4.39 Å². The second-order valence-electron chi connectivity index (χ2n) is 3.58. The highest BCUT2D eigenvalue weighted by Crippen LogP contribution is 2.28. The van der Waals surface area contributed by atoms with E-state index in [1.807, 2.05) is 6.07 Å². The van der Waals surface area contributed by atoms with Gasteiger partial charge in [0.2, 0.25) is 5.88 Å². The van der Waals surface area contributed by atoms with Crippen LogP contribution in [0.15, 0.2) is 34.9 Å². The van der Waals surface area contributed by atoms with Gasteiger partial charge in [-0.3, -0.25) is 0 Å². The van der Waals surface area contributed by atoms with Gasteiger partial charge in [0.05, 0.1) is 0 Å². The molecule has 0 saturated heterocycles. The summed E-state index contributed by atoms with van der Waals surface area (Å²) in [5.41, 5.74) is 1.06. The first-order chi connectivity index (χ1) is 8.61. The van der Waals surface area contributed by atoms with Crippen LogP contribution in [0, 0.1) is 24.1 Å². The predicted molar refractivity (Wildman–Crippen MR) is 67.9 cm³/mol. The van der Waals surface area contributed by atoms with Gasteiger partial charge in [-0.25, -0.2) is 9.37 Å². The van der Waals surface area contributed by atoms with Crippen LogP contribution in [0.2, 0.25) is 0 Å². The average Bonchev–Trinajstić information content (AvgIpc) is 2.34. The summed E-state index contributed by atoms with van der Waals surface area (Å²) in [5.74, 6) is 0.0735. The summed E-state index contributed by atoms with van der Waals surface area (Å²) in [6, 6.07) is 7.71. The standard InChI is InChI=1S/C13H8BrFN2O/c1-8-11(6-16)13(17-7-12(8)14)18-10-4-2-3-9(15)5-10/h2-5,7H,1H3. The first-order valence-corrected chi connectivity index (χ1v) is 5.89. The smallest absolute Gasteiger partial charge is 0.237 e. The van der Waals surface area contributed by atoms with Crippen LogP contribution in [0.1, 0.15) is 11.1 Å². The van der Waals surface area contributed by atoms with E-state index in [0.717, 1.165) is 10.0 Å². The minimum Gasteiger partial charge on any atom is -0.438 e. The van der Waals surface area contributed by atoms with Gasteiger partial charge in [-0.15, -0.1) is 0 Å². The summed E-state index contributed by atoms with van der Waals surface area (Å²) in [5, 5.41) is 9.09. The number of nitrogens with zero attached hydrogens (tertiary/aromatic N) is 2. The summed E-state index contributed by atoms with van der Waals surface area (Å²) < 4.78 is 19.2. The first-order valence-electron chi connectivity index (χ1n) is 5.10. The molecule has 0 spiro atoms. The lowest BCUT2D eigenvalue weighted by Gasteiger charge is -2.08. The highest BCUT2D eigenvalue weighted by molar-refractivity contribution is 9.10. The van der Waals surface area contributed by atoms with Crippen molar-refractivity contribution < 1.29 is 9.13 Å². The summed E-state index contributed by atoms with van der Waals surface area (Å²) in [7, 11) is 0. The topological polar surface area (TPSA) is 45.9 Å². The van der Waals surface area contributed by atoms with Crippen LogP contribution in [0.5, 0.6) is 11.6 Å². The van der Waals surface area contributed by atoms with E-state index in [-0.39, 0.29) is 5.88 Å². The first kappa shape index (κ1) is 12.5. The van der Waals surface area contributed by atoms with E-state index in [1.165, 1.54) is 18.2 Å². The lowest BCUT2D eigenvalue weighted by Crippen LogP contribution is -1.95. The van der Waals surface area contributed by atoms with E-state index < -0.39 is 5.82 Å².